The second-order valence-electron chi connectivity index (χ2n) is 13.2. The van der Waals surface area contributed by atoms with Crippen molar-refractivity contribution in [2.45, 2.75) is 74.1 Å². The Balaban J connectivity index is 1.45. The first kappa shape index (κ1) is 28.9. The van der Waals surface area contributed by atoms with Crippen LogP contribution in [-0.2, 0) is 14.4 Å². The summed E-state index contributed by atoms with van der Waals surface area (Å²) >= 11 is 0. The summed E-state index contributed by atoms with van der Waals surface area (Å²) in [6.45, 7) is 0. The molecule has 0 aliphatic heterocycles. The molecule has 7 aliphatic carbocycles. The molecule has 42 heavy (non-hydrogen) atoms. The van der Waals surface area contributed by atoms with E-state index in [1.54, 1.807) is 0 Å². The fourth-order valence-corrected chi connectivity index (χ4v) is 10.6. The van der Waals surface area contributed by atoms with Crippen LogP contribution in [0, 0.1) is 71.0 Å². The van der Waals surface area contributed by atoms with Crippen LogP contribution in [0.25, 0.3) is 0 Å². The summed E-state index contributed by atoms with van der Waals surface area (Å²) in [5.41, 5.74) is 0. The van der Waals surface area contributed by atoms with Gasteiger partial charge in [-0.05, 0) is 17.8 Å². The molecule has 7 saturated carbocycles. The van der Waals surface area contributed by atoms with Crippen molar-refractivity contribution in [3.63, 3.8) is 0 Å². The molecule has 0 N–H and O–H groups in total. The van der Waals surface area contributed by atoms with E-state index in [0.29, 0.717) is 0 Å². The number of carbonyl (C=O) groups excluding carboxylic acids is 3. The Hall–Kier alpha value is -1.83. The lowest BCUT2D eigenvalue weighted by Crippen LogP contribution is -2.56. The van der Waals surface area contributed by atoms with Crippen molar-refractivity contribution in [1.82, 2.24) is 0 Å². The lowest BCUT2D eigenvalue weighted by Gasteiger charge is -2.49. The summed E-state index contributed by atoms with van der Waals surface area (Å²) in [5.74, 6) is -29.6. The highest BCUT2D eigenvalue weighted by atomic mass is 19.2. The average molecular weight is 624 g/mol. The third kappa shape index (κ3) is 3.11. The van der Waals surface area contributed by atoms with Gasteiger partial charge in [0.05, 0.1) is 17.8 Å². The number of alkyl halides is 12. The number of carbonyl (C=O) groups is 3. The Bertz CT molecular complexity index is 1050. The van der Waals surface area contributed by atoms with Crippen molar-refractivity contribution in [2.24, 2.45) is 71.0 Å². The highest BCUT2D eigenvalue weighted by Gasteiger charge is 2.80. The minimum Gasteiger partial charge on any atom is -0.299 e. The quantitative estimate of drug-likeness (QED) is 0.380. The highest BCUT2D eigenvalue weighted by molar-refractivity contribution is 5.97. The molecule has 0 aromatic carbocycles. The first-order chi connectivity index (χ1) is 19.7. The van der Waals surface area contributed by atoms with E-state index in [1.165, 1.54) is 0 Å². The van der Waals surface area contributed by atoms with Crippen LogP contribution in [0.15, 0.2) is 0 Å². The minimum atomic E-state index is -3.17. The van der Waals surface area contributed by atoms with Gasteiger partial charge < -0.3 is 0 Å². The first-order valence-electron chi connectivity index (χ1n) is 14.0. The van der Waals surface area contributed by atoms with Gasteiger partial charge in [0.25, 0.3) is 0 Å². The minimum absolute atomic E-state index is 1.39. The van der Waals surface area contributed by atoms with E-state index in [4.69, 9.17) is 0 Å². The summed E-state index contributed by atoms with van der Waals surface area (Å²) in [7, 11) is 0. The molecule has 0 aromatic rings. The van der Waals surface area contributed by atoms with Crippen molar-refractivity contribution in [3.05, 3.63) is 0 Å². The number of rotatable bonds is 0. The van der Waals surface area contributed by atoms with Crippen molar-refractivity contribution >= 4 is 17.3 Å². The topological polar surface area (TPSA) is 51.2 Å². The molecule has 18 unspecified atom stereocenters. The smallest absolute Gasteiger partial charge is 0.166 e. The molecule has 15 heteroatoms. The van der Waals surface area contributed by atoms with Crippen LogP contribution >= 0.6 is 0 Å². The fourth-order valence-electron chi connectivity index (χ4n) is 10.6. The summed E-state index contributed by atoms with van der Waals surface area (Å²) in [4.78, 5) is 41.1. The highest BCUT2D eigenvalue weighted by Crippen LogP contribution is 2.71. The van der Waals surface area contributed by atoms with E-state index < -0.39 is 162 Å². The molecule has 7 fully saturated rings. The van der Waals surface area contributed by atoms with Gasteiger partial charge in [-0.15, -0.1) is 0 Å². The lowest BCUT2D eigenvalue weighted by atomic mass is 9.53. The van der Waals surface area contributed by atoms with E-state index in [0.717, 1.165) is 0 Å². The predicted molar refractivity (Wildman–Crippen MR) is 116 cm³/mol. The van der Waals surface area contributed by atoms with Gasteiger partial charge in [-0.2, -0.15) is 0 Å². The van der Waals surface area contributed by atoms with Gasteiger partial charge in [0.15, 0.2) is 37.0 Å². The van der Waals surface area contributed by atoms with Gasteiger partial charge in [0.1, 0.15) is 54.4 Å². The Morgan fingerprint density at radius 3 is 0.643 bits per heavy atom. The average Bonchev–Trinajstić information content (AvgIpc) is 3.55. The number of Topliss-reactive ketones (excluding diaryl/α,β-unsaturated/α-hetero) is 3. The zero-order valence-corrected chi connectivity index (χ0v) is 21.1. The molecule has 0 spiro atoms. The van der Waals surface area contributed by atoms with Crippen LogP contribution in [-0.4, -0.2) is 91.4 Å². The molecular formula is C27H24F12O3. The molecule has 18 atom stereocenters. The maximum Gasteiger partial charge on any atom is 0.166 e. The molecule has 234 valence electrons. The summed E-state index contributed by atoms with van der Waals surface area (Å²) in [6.07, 6.45) is -36.9. The number of hydrogen-bond acceptors (Lipinski definition) is 3. The Labute approximate surface area is 230 Å². The lowest BCUT2D eigenvalue weighted by molar-refractivity contribution is -0.140. The fraction of sp³-hybridized carbons (Fsp3) is 0.889. The van der Waals surface area contributed by atoms with Gasteiger partial charge >= 0.3 is 0 Å². The van der Waals surface area contributed by atoms with Crippen LogP contribution < -0.4 is 0 Å². The normalized spacial score (nSPS) is 65.3. The van der Waals surface area contributed by atoms with Crippen molar-refractivity contribution in [2.75, 3.05) is 0 Å². The Morgan fingerprint density at radius 1 is 0.238 bits per heavy atom. The third-order valence-electron chi connectivity index (χ3n) is 11.9. The number of fused-ring (bicyclic) bond motifs is 12. The van der Waals surface area contributed by atoms with Gasteiger partial charge in [0, 0.05) is 35.5 Å². The Kier molecular flexibility index (Phi) is 6.27. The van der Waals surface area contributed by atoms with E-state index >= 15 is 26.3 Å². The third-order valence-corrected chi connectivity index (χ3v) is 11.9. The van der Waals surface area contributed by atoms with E-state index in [1.807, 2.05) is 0 Å². The van der Waals surface area contributed by atoms with E-state index in [9.17, 15) is 40.7 Å². The van der Waals surface area contributed by atoms with Crippen molar-refractivity contribution in [3.8, 4) is 0 Å². The predicted octanol–water partition coefficient (Wildman–Crippen LogP) is 4.24. The van der Waals surface area contributed by atoms with E-state index in [2.05, 4.69) is 0 Å². The van der Waals surface area contributed by atoms with Gasteiger partial charge in [-0.1, -0.05) is 0 Å². The molecule has 7 rings (SSSR count). The van der Waals surface area contributed by atoms with Crippen molar-refractivity contribution < 1.29 is 67.1 Å². The molecule has 7 aliphatic rings. The van der Waals surface area contributed by atoms with Crippen LogP contribution in [0.4, 0.5) is 52.7 Å². The van der Waals surface area contributed by atoms with Gasteiger partial charge in [-0.25, -0.2) is 52.7 Å². The zero-order chi connectivity index (χ0) is 30.6. The molecule has 0 bridgehead atoms. The van der Waals surface area contributed by atoms with Crippen LogP contribution in [0.5, 0.6) is 0 Å². The second kappa shape index (κ2) is 9.10. The SMILES string of the molecule is O=C1C2C(F)C(F)C(F)C(F)C2C2C1C1C(C(=O)C3C(F)C(F)C(F)C(F)C31)C1C2C(=O)C2C(F)C(F)C(F)C(F)C21. The van der Waals surface area contributed by atoms with Crippen LogP contribution in [0.3, 0.4) is 0 Å². The van der Waals surface area contributed by atoms with Gasteiger partial charge in [-0.3, -0.25) is 14.4 Å². The standard InChI is InChI=1S/C27H24F12O3/c28-13-4-1-7(25(40)10(4)16(31)22(37)19(13)34)3-6-12(18(33)24(39)21(36)15(6)30)27(42)9(3)2-5-11(26(41)8(1)2)17(32)23(38)20(35)14(5)29/h1-24H. The monoisotopic (exact) mass is 624 g/mol. The van der Waals surface area contributed by atoms with Crippen molar-refractivity contribution in [1.29, 1.82) is 0 Å². The maximum absolute atomic E-state index is 15.5. The molecule has 0 heterocycles. The molecular weight excluding hydrogens is 600 g/mol. The molecule has 0 saturated heterocycles. The molecule has 3 nitrogen and oxygen atoms in total. The summed E-state index contributed by atoms with van der Waals surface area (Å²) in [5, 5.41) is 0. The molecule has 0 amide bonds. The second-order valence-corrected chi connectivity index (χ2v) is 13.2. The van der Waals surface area contributed by atoms with Crippen LogP contribution in [0.2, 0.25) is 0 Å². The molecule has 0 aromatic heterocycles. The number of halogens is 12. The first-order valence-corrected chi connectivity index (χ1v) is 14.0. The summed E-state index contributed by atoms with van der Waals surface area (Å²) in [6, 6.07) is 0. The van der Waals surface area contributed by atoms with Crippen LogP contribution in [0.1, 0.15) is 0 Å². The zero-order valence-electron chi connectivity index (χ0n) is 21.1. The molecule has 0 radical (unpaired) electrons. The van der Waals surface area contributed by atoms with Gasteiger partial charge in [0.2, 0.25) is 0 Å². The van der Waals surface area contributed by atoms with E-state index in [-0.39, 0.29) is 0 Å². The maximum atomic E-state index is 15.5. The summed E-state index contributed by atoms with van der Waals surface area (Å²) < 4.78 is 179. The number of ketones is 3. The number of hydrogen-bond donors (Lipinski definition) is 0. The Morgan fingerprint density at radius 2 is 0.429 bits per heavy atom. The largest absolute Gasteiger partial charge is 0.299 e.